The molecule has 2 heterocycles. The molecule has 136 valence electrons. The molecule has 0 N–H and O–H groups in total. The van der Waals surface area contributed by atoms with E-state index in [2.05, 4.69) is 0 Å². The topological polar surface area (TPSA) is 84.6 Å². The zero-order valence-corrected chi connectivity index (χ0v) is 15.4. The molecule has 3 rings (SSSR count). The molecule has 1 aromatic carbocycles. The molecule has 1 saturated heterocycles. The lowest BCUT2D eigenvalue weighted by atomic mass is 10.1. The van der Waals surface area contributed by atoms with Gasteiger partial charge >= 0.3 is 5.69 Å². The first-order valence-electron chi connectivity index (χ1n) is 8.10. The number of fused-ring (bicyclic) bond motifs is 1. The first-order valence-corrected chi connectivity index (χ1v) is 9.95. The summed E-state index contributed by atoms with van der Waals surface area (Å²) in [7, 11) is 0.126. The predicted molar refractivity (Wildman–Crippen MR) is 95.1 cm³/mol. The van der Waals surface area contributed by atoms with Crippen molar-refractivity contribution in [1.29, 1.82) is 0 Å². The van der Waals surface area contributed by atoms with Gasteiger partial charge in [-0.05, 0) is 24.6 Å². The predicted octanol–water partition coefficient (Wildman–Crippen LogP) is -0.0155. The Labute approximate surface area is 146 Å². The number of amides is 1. The quantitative estimate of drug-likeness (QED) is 0.748. The highest BCUT2D eigenvalue weighted by atomic mass is 32.2. The number of aryl methyl sites for hydroxylation is 2. The largest absolute Gasteiger partial charge is 0.337 e. The minimum atomic E-state index is -3.24. The van der Waals surface area contributed by atoms with Gasteiger partial charge in [0.25, 0.3) is 5.91 Å². The summed E-state index contributed by atoms with van der Waals surface area (Å²) in [6, 6.07) is 5.20. The number of carbonyl (C=O) groups is 1. The third kappa shape index (κ3) is 3.21. The van der Waals surface area contributed by atoms with Crippen LogP contribution in [-0.4, -0.2) is 65.1 Å². The van der Waals surface area contributed by atoms with E-state index in [4.69, 9.17) is 0 Å². The van der Waals surface area contributed by atoms with Crippen molar-refractivity contribution in [3.05, 3.63) is 34.2 Å². The van der Waals surface area contributed by atoms with Crippen LogP contribution in [0.3, 0.4) is 0 Å². The Hall–Kier alpha value is -2.13. The van der Waals surface area contributed by atoms with Crippen molar-refractivity contribution in [2.45, 2.75) is 6.42 Å². The van der Waals surface area contributed by atoms with E-state index in [1.807, 2.05) is 0 Å². The lowest BCUT2D eigenvalue weighted by Gasteiger charge is -2.21. The van der Waals surface area contributed by atoms with E-state index in [1.54, 1.807) is 41.8 Å². The van der Waals surface area contributed by atoms with Gasteiger partial charge in [-0.25, -0.2) is 17.5 Å². The third-order valence-electron chi connectivity index (χ3n) is 4.73. The van der Waals surface area contributed by atoms with Crippen molar-refractivity contribution in [3.63, 3.8) is 0 Å². The summed E-state index contributed by atoms with van der Waals surface area (Å²) in [5, 5.41) is 0. The molecular weight excluding hydrogens is 344 g/mol. The van der Waals surface area contributed by atoms with Gasteiger partial charge in [-0.15, -0.1) is 0 Å². The number of hydrogen-bond acceptors (Lipinski definition) is 4. The van der Waals surface area contributed by atoms with E-state index in [1.165, 1.54) is 15.1 Å². The number of benzene rings is 1. The molecular formula is C16H22N4O4S. The Bertz CT molecular complexity index is 989. The van der Waals surface area contributed by atoms with E-state index < -0.39 is 10.0 Å². The van der Waals surface area contributed by atoms with Gasteiger partial charge in [0.15, 0.2) is 0 Å². The fourth-order valence-corrected chi connectivity index (χ4v) is 4.12. The maximum Gasteiger partial charge on any atom is 0.328 e. The van der Waals surface area contributed by atoms with Crippen LogP contribution < -0.4 is 5.69 Å². The lowest BCUT2D eigenvalue weighted by Crippen LogP contribution is -2.36. The van der Waals surface area contributed by atoms with Crippen molar-refractivity contribution in [3.8, 4) is 0 Å². The third-order valence-corrected chi connectivity index (χ3v) is 6.03. The summed E-state index contributed by atoms with van der Waals surface area (Å²) in [4.78, 5) is 26.5. The molecule has 1 amide bonds. The van der Waals surface area contributed by atoms with Crippen molar-refractivity contribution in [2.75, 3.05) is 32.4 Å². The molecule has 0 bridgehead atoms. The molecule has 25 heavy (non-hydrogen) atoms. The maximum atomic E-state index is 12.8. The molecule has 0 radical (unpaired) electrons. The van der Waals surface area contributed by atoms with Gasteiger partial charge in [-0.2, -0.15) is 0 Å². The molecule has 9 heteroatoms. The monoisotopic (exact) mass is 366 g/mol. The van der Waals surface area contributed by atoms with E-state index in [0.29, 0.717) is 43.7 Å². The van der Waals surface area contributed by atoms with E-state index in [9.17, 15) is 18.0 Å². The highest BCUT2D eigenvalue weighted by Gasteiger charge is 2.24. The minimum absolute atomic E-state index is 0.141. The van der Waals surface area contributed by atoms with Gasteiger partial charge in [-0.3, -0.25) is 13.9 Å². The highest BCUT2D eigenvalue weighted by Crippen LogP contribution is 2.17. The molecule has 0 atom stereocenters. The van der Waals surface area contributed by atoms with E-state index >= 15 is 0 Å². The second-order valence-corrected chi connectivity index (χ2v) is 8.39. The Morgan fingerprint density at radius 1 is 1.00 bits per heavy atom. The highest BCUT2D eigenvalue weighted by molar-refractivity contribution is 7.88. The Morgan fingerprint density at radius 2 is 1.68 bits per heavy atom. The first-order chi connectivity index (χ1) is 11.7. The van der Waals surface area contributed by atoms with Crippen LogP contribution in [0.25, 0.3) is 11.0 Å². The van der Waals surface area contributed by atoms with E-state index in [0.717, 1.165) is 5.52 Å². The number of hydrogen-bond donors (Lipinski definition) is 0. The molecule has 1 aromatic heterocycles. The summed E-state index contributed by atoms with van der Waals surface area (Å²) in [5.74, 6) is -0.145. The molecule has 1 aliphatic heterocycles. The number of nitrogens with zero attached hydrogens (tertiary/aromatic N) is 4. The summed E-state index contributed by atoms with van der Waals surface area (Å²) < 4.78 is 27.8. The molecule has 0 unspecified atom stereocenters. The fourth-order valence-electron chi connectivity index (χ4n) is 3.25. The standard InChI is InChI=1S/C16H22N4O4S/c1-17-13-6-5-12(11-14(13)18(2)16(17)22)15(21)19-7-4-8-20(10-9-19)25(3,23)24/h5-6,11H,4,7-10H2,1-3H3. The SMILES string of the molecule is Cn1c(=O)n(C)c2cc(C(=O)N3CCCN(S(C)(=O)=O)CC3)ccc21. The van der Waals surface area contributed by atoms with Gasteiger partial charge in [0.05, 0.1) is 17.3 Å². The molecule has 0 aliphatic carbocycles. The Balaban J connectivity index is 1.87. The van der Waals surface area contributed by atoms with Gasteiger partial charge in [-0.1, -0.05) is 0 Å². The second-order valence-electron chi connectivity index (χ2n) is 6.41. The smallest absolute Gasteiger partial charge is 0.328 e. The average molecular weight is 366 g/mol. The van der Waals surface area contributed by atoms with Crippen LogP contribution in [0, 0.1) is 0 Å². The number of sulfonamides is 1. The molecule has 0 spiro atoms. The van der Waals surface area contributed by atoms with Gasteiger partial charge in [0.2, 0.25) is 10.0 Å². The number of carbonyl (C=O) groups excluding carboxylic acids is 1. The van der Waals surface area contributed by atoms with Crippen molar-refractivity contribution in [1.82, 2.24) is 18.3 Å². The van der Waals surface area contributed by atoms with Crippen LogP contribution in [0.2, 0.25) is 0 Å². The second kappa shape index (κ2) is 6.30. The lowest BCUT2D eigenvalue weighted by molar-refractivity contribution is 0.0764. The summed E-state index contributed by atoms with van der Waals surface area (Å²) >= 11 is 0. The van der Waals surface area contributed by atoms with Crippen LogP contribution in [0.4, 0.5) is 0 Å². The minimum Gasteiger partial charge on any atom is -0.337 e. The van der Waals surface area contributed by atoms with Crippen molar-refractivity contribution in [2.24, 2.45) is 14.1 Å². The van der Waals surface area contributed by atoms with Crippen molar-refractivity contribution >= 4 is 27.0 Å². The normalized spacial score (nSPS) is 17.0. The molecule has 0 saturated carbocycles. The van der Waals surface area contributed by atoms with Gasteiger partial charge in [0.1, 0.15) is 0 Å². The number of rotatable bonds is 2. The summed E-state index contributed by atoms with van der Waals surface area (Å²) in [6.45, 7) is 1.60. The van der Waals surface area contributed by atoms with Crippen LogP contribution >= 0.6 is 0 Å². The van der Waals surface area contributed by atoms with Crippen LogP contribution in [0.1, 0.15) is 16.8 Å². The summed E-state index contributed by atoms with van der Waals surface area (Å²) in [6.07, 6.45) is 1.79. The van der Waals surface area contributed by atoms with Gasteiger partial charge in [0, 0.05) is 45.8 Å². The van der Waals surface area contributed by atoms with Gasteiger partial charge < -0.3 is 4.90 Å². The maximum absolute atomic E-state index is 12.8. The molecule has 8 nitrogen and oxygen atoms in total. The molecule has 1 aliphatic rings. The Kier molecular flexibility index (Phi) is 4.46. The Morgan fingerprint density at radius 3 is 2.36 bits per heavy atom. The number of imidazole rings is 1. The summed E-state index contributed by atoms with van der Waals surface area (Å²) in [5.41, 5.74) is 1.83. The molecule has 2 aromatic rings. The van der Waals surface area contributed by atoms with Crippen molar-refractivity contribution < 1.29 is 13.2 Å². The van der Waals surface area contributed by atoms with Crippen LogP contribution in [0.15, 0.2) is 23.0 Å². The first kappa shape index (κ1) is 17.7. The molecule has 1 fully saturated rings. The zero-order chi connectivity index (χ0) is 18.4. The van der Waals surface area contributed by atoms with Crippen LogP contribution in [-0.2, 0) is 24.1 Å². The average Bonchev–Trinajstić information content (AvgIpc) is 2.78. The van der Waals surface area contributed by atoms with E-state index in [-0.39, 0.29) is 11.6 Å². The fraction of sp³-hybridized carbons (Fsp3) is 0.500. The van der Waals surface area contributed by atoms with Crippen LogP contribution in [0.5, 0.6) is 0 Å². The zero-order valence-electron chi connectivity index (χ0n) is 14.6. The number of aromatic nitrogens is 2.